The van der Waals surface area contributed by atoms with Crippen LogP contribution in [0.25, 0.3) is 0 Å². The first kappa shape index (κ1) is 15.4. The molecule has 3 N–H and O–H groups in total. The number of hydrogen-bond acceptors (Lipinski definition) is 3. The Morgan fingerprint density at radius 1 is 1.38 bits per heavy atom. The summed E-state index contributed by atoms with van der Waals surface area (Å²) in [5.41, 5.74) is 7.11. The van der Waals surface area contributed by atoms with Crippen LogP contribution in [0.2, 0.25) is 0 Å². The molecule has 0 saturated heterocycles. The average Bonchev–Trinajstić information content (AvgIpc) is 2.46. The van der Waals surface area contributed by atoms with Crippen LogP contribution in [0.3, 0.4) is 0 Å². The van der Waals surface area contributed by atoms with Crippen molar-refractivity contribution < 1.29 is 10.0 Å². The fraction of sp³-hybridized carbons (Fsp3) is 0.500. The van der Waals surface area contributed by atoms with Gasteiger partial charge in [-0.3, -0.25) is 4.79 Å². The number of carbonyl (C=O) groups excluding carboxylic acids is 1. The molecule has 0 heterocycles. The molecule has 1 aliphatic carbocycles. The molecule has 0 bridgehead atoms. The van der Waals surface area contributed by atoms with E-state index in [0.29, 0.717) is 17.9 Å². The van der Waals surface area contributed by atoms with Crippen LogP contribution in [0.1, 0.15) is 37.3 Å². The highest BCUT2D eigenvalue weighted by Crippen LogP contribution is 2.27. The van der Waals surface area contributed by atoms with Gasteiger partial charge in [0.25, 0.3) is 0 Å². The lowest BCUT2D eigenvalue weighted by Crippen LogP contribution is -2.38. The summed E-state index contributed by atoms with van der Waals surface area (Å²) in [6, 6.07) is 7.23. The van der Waals surface area contributed by atoms with E-state index in [0.717, 1.165) is 18.7 Å². The highest BCUT2D eigenvalue weighted by Gasteiger charge is 2.22. The number of amides is 1. The Morgan fingerprint density at radius 2 is 2.05 bits per heavy atom. The Kier molecular flexibility index (Phi) is 5.20. The molecular formula is C16H23N3O2. The van der Waals surface area contributed by atoms with Crippen molar-refractivity contribution in [2.45, 2.75) is 32.6 Å². The quantitative estimate of drug-likeness (QED) is 0.364. The van der Waals surface area contributed by atoms with E-state index < -0.39 is 0 Å². The smallest absolute Gasteiger partial charge is 0.226 e. The standard InChI is InChI=1S/C16H23N3O2/c1-2-19(11-13-4-3-5-13)15(20)10-12-6-8-14(9-7-12)16(17)18-21/h6-9,13,21H,2-5,10-11H2,1H3,(H2,17,18). The predicted octanol–water partition coefficient (Wildman–Crippen LogP) is 1.97. The topological polar surface area (TPSA) is 78.9 Å². The summed E-state index contributed by atoms with van der Waals surface area (Å²) in [5, 5.41) is 11.6. The lowest BCUT2D eigenvalue weighted by molar-refractivity contribution is -0.131. The molecule has 1 fully saturated rings. The predicted molar refractivity (Wildman–Crippen MR) is 82.3 cm³/mol. The van der Waals surface area contributed by atoms with E-state index >= 15 is 0 Å². The van der Waals surface area contributed by atoms with Crippen molar-refractivity contribution in [1.29, 1.82) is 0 Å². The van der Waals surface area contributed by atoms with Crippen LogP contribution in [-0.4, -0.2) is 34.9 Å². The van der Waals surface area contributed by atoms with Gasteiger partial charge in [-0.25, -0.2) is 0 Å². The van der Waals surface area contributed by atoms with Gasteiger partial charge in [0.15, 0.2) is 5.84 Å². The molecule has 2 rings (SSSR count). The number of carbonyl (C=O) groups is 1. The molecule has 114 valence electrons. The Bertz CT molecular complexity index is 507. The van der Waals surface area contributed by atoms with Gasteiger partial charge in [0.2, 0.25) is 5.91 Å². The molecule has 1 aliphatic rings. The second kappa shape index (κ2) is 7.11. The minimum absolute atomic E-state index is 0.0769. The van der Waals surface area contributed by atoms with Crippen LogP contribution in [0, 0.1) is 5.92 Å². The van der Waals surface area contributed by atoms with Gasteiger partial charge in [-0.05, 0) is 31.2 Å². The Hall–Kier alpha value is -2.04. The third kappa shape index (κ3) is 3.97. The molecule has 5 nitrogen and oxygen atoms in total. The normalized spacial score (nSPS) is 15.6. The number of amidine groups is 1. The highest BCUT2D eigenvalue weighted by atomic mass is 16.4. The summed E-state index contributed by atoms with van der Waals surface area (Å²) >= 11 is 0. The lowest BCUT2D eigenvalue weighted by atomic mass is 9.85. The zero-order valence-corrected chi connectivity index (χ0v) is 12.5. The number of likely N-dealkylation sites (N-methyl/N-ethyl adjacent to an activating group) is 1. The van der Waals surface area contributed by atoms with Gasteiger partial charge in [-0.1, -0.05) is 35.8 Å². The minimum Gasteiger partial charge on any atom is -0.409 e. The summed E-state index contributed by atoms with van der Waals surface area (Å²) < 4.78 is 0. The molecule has 0 aromatic heterocycles. The second-order valence-corrected chi connectivity index (χ2v) is 5.59. The summed E-state index contributed by atoms with van der Waals surface area (Å²) in [4.78, 5) is 14.3. The molecule has 1 saturated carbocycles. The average molecular weight is 289 g/mol. The molecule has 1 aromatic rings. The Morgan fingerprint density at radius 3 is 2.52 bits per heavy atom. The van der Waals surface area contributed by atoms with Crippen LogP contribution in [0.5, 0.6) is 0 Å². The van der Waals surface area contributed by atoms with Crippen molar-refractivity contribution in [2.24, 2.45) is 16.8 Å². The number of nitrogens with two attached hydrogens (primary N) is 1. The summed E-state index contributed by atoms with van der Waals surface area (Å²) in [7, 11) is 0. The van der Waals surface area contributed by atoms with Crippen LogP contribution in [0.15, 0.2) is 29.4 Å². The molecular weight excluding hydrogens is 266 g/mol. The van der Waals surface area contributed by atoms with Crippen LogP contribution < -0.4 is 5.73 Å². The van der Waals surface area contributed by atoms with Gasteiger partial charge >= 0.3 is 0 Å². The minimum atomic E-state index is 0.0769. The molecule has 21 heavy (non-hydrogen) atoms. The maximum absolute atomic E-state index is 12.3. The Balaban J connectivity index is 1.94. The van der Waals surface area contributed by atoms with Crippen molar-refractivity contribution in [1.82, 2.24) is 4.90 Å². The van der Waals surface area contributed by atoms with Gasteiger partial charge < -0.3 is 15.8 Å². The first-order chi connectivity index (χ1) is 10.1. The van der Waals surface area contributed by atoms with Gasteiger partial charge in [0, 0.05) is 18.7 Å². The Labute approximate surface area is 125 Å². The third-order valence-corrected chi connectivity index (χ3v) is 4.15. The number of hydrogen-bond donors (Lipinski definition) is 2. The van der Waals surface area contributed by atoms with Gasteiger partial charge in [-0.2, -0.15) is 0 Å². The van der Waals surface area contributed by atoms with Gasteiger partial charge in [-0.15, -0.1) is 0 Å². The molecule has 5 heteroatoms. The SMILES string of the molecule is CCN(CC1CCC1)C(=O)Cc1ccc(/C(N)=N/O)cc1. The van der Waals surface area contributed by atoms with E-state index in [9.17, 15) is 4.79 Å². The molecule has 0 spiro atoms. The number of nitrogens with zero attached hydrogens (tertiary/aromatic N) is 2. The summed E-state index contributed by atoms with van der Waals surface area (Å²) in [6.07, 6.45) is 4.19. The molecule has 0 aliphatic heterocycles. The van der Waals surface area contributed by atoms with Crippen molar-refractivity contribution in [2.75, 3.05) is 13.1 Å². The fourth-order valence-corrected chi connectivity index (χ4v) is 2.53. The van der Waals surface area contributed by atoms with Crippen LogP contribution in [-0.2, 0) is 11.2 Å². The van der Waals surface area contributed by atoms with Gasteiger partial charge in [0.1, 0.15) is 0 Å². The molecule has 0 unspecified atom stereocenters. The zero-order valence-electron chi connectivity index (χ0n) is 12.5. The van der Waals surface area contributed by atoms with Crippen molar-refractivity contribution in [3.05, 3.63) is 35.4 Å². The van der Waals surface area contributed by atoms with Gasteiger partial charge in [0.05, 0.1) is 6.42 Å². The van der Waals surface area contributed by atoms with E-state index in [2.05, 4.69) is 5.16 Å². The van der Waals surface area contributed by atoms with E-state index in [1.807, 2.05) is 24.0 Å². The zero-order chi connectivity index (χ0) is 15.2. The number of rotatable bonds is 6. The monoisotopic (exact) mass is 289 g/mol. The van der Waals surface area contributed by atoms with E-state index in [4.69, 9.17) is 10.9 Å². The second-order valence-electron chi connectivity index (χ2n) is 5.59. The fourth-order valence-electron chi connectivity index (χ4n) is 2.53. The largest absolute Gasteiger partial charge is 0.409 e. The molecule has 1 aromatic carbocycles. The van der Waals surface area contributed by atoms with Crippen LogP contribution >= 0.6 is 0 Å². The molecule has 0 atom stereocenters. The van der Waals surface area contributed by atoms with Crippen molar-refractivity contribution in [3.63, 3.8) is 0 Å². The van der Waals surface area contributed by atoms with E-state index in [1.165, 1.54) is 19.3 Å². The maximum Gasteiger partial charge on any atom is 0.226 e. The first-order valence-corrected chi connectivity index (χ1v) is 7.48. The van der Waals surface area contributed by atoms with Crippen molar-refractivity contribution >= 4 is 11.7 Å². The highest BCUT2D eigenvalue weighted by molar-refractivity contribution is 5.97. The molecule has 1 amide bonds. The number of oxime groups is 1. The lowest BCUT2D eigenvalue weighted by Gasteiger charge is -2.31. The molecule has 0 radical (unpaired) electrons. The summed E-state index contributed by atoms with van der Waals surface area (Å²) in [6.45, 7) is 3.67. The van der Waals surface area contributed by atoms with Crippen molar-refractivity contribution in [3.8, 4) is 0 Å². The third-order valence-electron chi connectivity index (χ3n) is 4.15. The van der Waals surface area contributed by atoms with Crippen LogP contribution in [0.4, 0.5) is 0 Å². The number of benzene rings is 1. The first-order valence-electron chi connectivity index (χ1n) is 7.48. The van der Waals surface area contributed by atoms with E-state index in [1.54, 1.807) is 12.1 Å². The summed E-state index contributed by atoms with van der Waals surface area (Å²) in [5.74, 6) is 0.936. The maximum atomic E-state index is 12.3. The van der Waals surface area contributed by atoms with E-state index in [-0.39, 0.29) is 11.7 Å².